The van der Waals surface area contributed by atoms with Crippen molar-refractivity contribution in [2.45, 2.75) is 17.0 Å². The van der Waals surface area contributed by atoms with Crippen LogP contribution >= 0.6 is 35.3 Å². The van der Waals surface area contributed by atoms with Crippen molar-refractivity contribution < 1.29 is 9.53 Å². The molecule has 0 aliphatic carbocycles. The average molecular weight is 473 g/mol. The molecule has 31 heavy (non-hydrogen) atoms. The number of rotatable bonds is 8. The number of aromatic nitrogens is 2. The predicted octanol–water partition coefficient (Wildman–Crippen LogP) is 3.77. The molecular weight excluding hydrogens is 448 g/mol. The van der Waals surface area contributed by atoms with Gasteiger partial charge in [-0.2, -0.15) is 0 Å². The van der Waals surface area contributed by atoms with Gasteiger partial charge in [0.25, 0.3) is 0 Å². The molecule has 162 valence electrons. The van der Waals surface area contributed by atoms with Gasteiger partial charge in [-0.25, -0.2) is 4.68 Å². The Bertz CT molecular complexity index is 1040. The third-order valence-electron chi connectivity index (χ3n) is 4.86. The van der Waals surface area contributed by atoms with E-state index in [0.29, 0.717) is 22.9 Å². The van der Waals surface area contributed by atoms with Gasteiger partial charge in [-0.1, -0.05) is 71.6 Å². The number of nitrogens with zero attached hydrogens (tertiary/aromatic N) is 3. The quantitative estimate of drug-likeness (QED) is 0.398. The minimum atomic E-state index is -0.0267. The largest absolute Gasteiger partial charge is 0.374 e. The standard InChI is InChI=1S/C22H24N4O2S3/c27-20(16-30-21-24-26(22(29)31-21)18-9-5-2-6-10-18)23-13-19-15-25(11-12-28-19)14-17-7-3-1-4-8-17/h1-10,19H,11-16H2,(H,23,27). The number of carbonyl (C=O) groups is 1. The lowest BCUT2D eigenvalue weighted by molar-refractivity contribution is -0.119. The molecule has 2 aromatic carbocycles. The minimum absolute atomic E-state index is 0.00533. The van der Waals surface area contributed by atoms with Crippen molar-refractivity contribution in [2.75, 3.05) is 32.0 Å². The summed E-state index contributed by atoms with van der Waals surface area (Å²) < 4.78 is 9.02. The van der Waals surface area contributed by atoms with E-state index in [1.807, 2.05) is 36.4 Å². The lowest BCUT2D eigenvalue weighted by Gasteiger charge is -2.33. The normalized spacial score (nSPS) is 16.8. The van der Waals surface area contributed by atoms with Gasteiger partial charge in [0.15, 0.2) is 8.29 Å². The highest BCUT2D eigenvalue weighted by Gasteiger charge is 2.21. The van der Waals surface area contributed by atoms with Crippen LogP contribution < -0.4 is 5.32 Å². The van der Waals surface area contributed by atoms with Crippen molar-refractivity contribution in [2.24, 2.45) is 0 Å². The fourth-order valence-corrected chi connectivity index (χ4v) is 5.54. The van der Waals surface area contributed by atoms with Crippen molar-refractivity contribution in [3.63, 3.8) is 0 Å². The number of hydrogen-bond donors (Lipinski definition) is 1. The molecule has 1 saturated heterocycles. The van der Waals surface area contributed by atoms with Gasteiger partial charge in [-0.05, 0) is 29.9 Å². The Labute approximate surface area is 195 Å². The van der Waals surface area contributed by atoms with Crippen molar-refractivity contribution >= 4 is 41.2 Å². The SMILES string of the molecule is O=C(CSc1nn(-c2ccccc2)c(=S)s1)NCC1CN(Cc2ccccc2)CCO1. The number of thioether (sulfide) groups is 1. The highest BCUT2D eigenvalue weighted by molar-refractivity contribution is 8.01. The average Bonchev–Trinajstić information content (AvgIpc) is 3.18. The van der Waals surface area contributed by atoms with Gasteiger partial charge in [0, 0.05) is 26.2 Å². The molecule has 0 bridgehead atoms. The van der Waals surface area contributed by atoms with E-state index >= 15 is 0 Å². The maximum Gasteiger partial charge on any atom is 0.230 e. The molecule has 1 unspecified atom stereocenters. The second kappa shape index (κ2) is 11.0. The van der Waals surface area contributed by atoms with E-state index in [2.05, 4.69) is 39.6 Å². The molecule has 1 aliphatic heterocycles. The summed E-state index contributed by atoms with van der Waals surface area (Å²) in [4.78, 5) is 14.7. The summed E-state index contributed by atoms with van der Waals surface area (Å²) in [6.45, 7) is 3.82. The van der Waals surface area contributed by atoms with Crippen molar-refractivity contribution in [1.29, 1.82) is 0 Å². The zero-order chi connectivity index (χ0) is 21.5. The van der Waals surface area contributed by atoms with Crippen LogP contribution in [0.25, 0.3) is 5.69 Å². The first-order chi connectivity index (χ1) is 15.2. The van der Waals surface area contributed by atoms with Crippen LogP contribution in [-0.2, 0) is 16.1 Å². The summed E-state index contributed by atoms with van der Waals surface area (Å²) in [5.74, 6) is 0.276. The number of carbonyl (C=O) groups excluding carboxylic acids is 1. The number of para-hydroxylation sites is 1. The fraction of sp³-hybridized carbons (Fsp3) is 0.318. The summed E-state index contributed by atoms with van der Waals surface area (Å²) in [5.41, 5.74) is 2.22. The highest BCUT2D eigenvalue weighted by atomic mass is 32.2. The van der Waals surface area contributed by atoms with Crippen LogP contribution in [0.2, 0.25) is 0 Å². The number of hydrogen-bond acceptors (Lipinski definition) is 7. The van der Waals surface area contributed by atoms with Crippen LogP contribution in [0.1, 0.15) is 5.56 Å². The maximum absolute atomic E-state index is 12.3. The van der Waals surface area contributed by atoms with E-state index in [1.54, 1.807) is 4.68 Å². The first-order valence-electron chi connectivity index (χ1n) is 10.1. The third-order valence-corrected chi connectivity index (χ3v) is 7.22. The summed E-state index contributed by atoms with van der Waals surface area (Å²) in [6, 6.07) is 20.2. The molecule has 0 radical (unpaired) electrons. The fourth-order valence-electron chi connectivity index (χ4n) is 3.35. The summed E-state index contributed by atoms with van der Waals surface area (Å²) in [7, 11) is 0. The Morgan fingerprint density at radius 1 is 1.19 bits per heavy atom. The molecule has 1 aromatic heterocycles. The summed E-state index contributed by atoms with van der Waals surface area (Å²) in [6.07, 6.45) is 0.00533. The van der Waals surface area contributed by atoms with Crippen molar-refractivity contribution in [1.82, 2.24) is 20.0 Å². The minimum Gasteiger partial charge on any atom is -0.374 e. The van der Waals surface area contributed by atoms with Crippen LogP contribution in [0.15, 0.2) is 65.0 Å². The molecule has 1 N–H and O–H groups in total. The van der Waals surface area contributed by atoms with E-state index in [4.69, 9.17) is 17.0 Å². The first-order valence-corrected chi connectivity index (χ1v) is 12.3. The smallest absolute Gasteiger partial charge is 0.230 e. The zero-order valence-electron chi connectivity index (χ0n) is 17.0. The number of ether oxygens (including phenoxy) is 1. The Morgan fingerprint density at radius 2 is 1.94 bits per heavy atom. The van der Waals surface area contributed by atoms with Crippen LogP contribution in [0.3, 0.4) is 0 Å². The molecular formula is C22H24N4O2S3. The van der Waals surface area contributed by atoms with Gasteiger partial charge in [-0.15, -0.1) is 5.10 Å². The maximum atomic E-state index is 12.3. The Hall–Kier alpha value is -2.04. The topological polar surface area (TPSA) is 59.4 Å². The number of amides is 1. The molecule has 2 heterocycles. The third kappa shape index (κ3) is 6.47. The Kier molecular flexibility index (Phi) is 7.87. The van der Waals surface area contributed by atoms with Crippen LogP contribution in [0.4, 0.5) is 0 Å². The van der Waals surface area contributed by atoms with Gasteiger partial charge in [-0.3, -0.25) is 9.69 Å². The van der Waals surface area contributed by atoms with Crippen molar-refractivity contribution in [3.8, 4) is 5.69 Å². The zero-order valence-corrected chi connectivity index (χ0v) is 19.4. The second-order valence-corrected chi connectivity index (χ2v) is 10.0. The number of nitrogens with one attached hydrogen (secondary N) is 1. The lowest BCUT2D eigenvalue weighted by Crippen LogP contribution is -2.47. The Morgan fingerprint density at radius 3 is 2.71 bits per heavy atom. The molecule has 9 heteroatoms. The van der Waals surface area contributed by atoms with Gasteiger partial charge >= 0.3 is 0 Å². The second-order valence-electron chi connectivity index (χ2n) is 7.19. The first kappa shape index (κ1) is 22.2. The molecule has 0 spiro atoms. The molecule has 0 saturated carbocycles. The van der Waals surface area contributed by atoms with Crippen molar-refractivity contribution in [3.05, 3.63) is 70.2 Å². The Balaban J connectivity index is 1.22. The lowest BCUT2D eigenvalue weighted by atomic mass is 10.2. The predicted molar refractivity (Wildman–Crippen MR) is 127 cm³/mol. The molecule has 3 aromatic rings. The molecule has 1 fully saturated rings. The van der Waals surface area contributed by atoms with E-state index in [-0.39, 0.29) is 12.0 Å². The van der Waals surface area contributed by atoms with Gasteiger partial charge in [0.1, 0.15) is 0 Å². The summed E-state index contributed by atoms with van der Waals surface area (Å²) in [5, 5.41) is 7.53. The highest BCUT2D eigenvalue weighted by Crippen LogP contribution is 2.23. The van der Waals surface area contributed by atoms with E-state index in [9.17, 15) is 4.79 Å². The number of morpholine rings is 1. The summed E-state index contributed by atoms with van der Waals surface area (Å²) >= 11 is 8.23. The van der Waals surface area contributed by atoms with Gasteiger partial charge in [0.2, 0.25) is 5.91 Å². The molecule has 1 atom stereocenters. The van der Waals surface area contributed by atoms with Crippen LogP contribution in [0.5, 0.6) is 0 Å². The van der Waals surface area contributed by atoms with Gasteiger partial charge in [0.05, 0.1) is 24.2 Å². The monoisotopic (exact) mass is 472 g/mol. The molecule has 4 rings (SSSR count). The van der Waals surface area contributed by atoms with E-state index in [0.717, 1.165) is 29.7 Å². The van der Waals surface area contributed by atoms with E-state index < -0.39 is 0 Å². The van der Waals surface area contributed by atoms with Crippen LogP contribution in [-0.4, -0.2) is 58.7 Å². The molecule has 6 nitrogen and oxygen atoms in total. The van der Waals surface area contributed by atoms with Crippen LogP contribution in [0, 0.1) is 3.95 Å². The molecule has 1 aliphatic rings. The van der Waals surface area contributed by atoms with E-state index in [1.165, 1.54) is 28.7 Å². The van der Waals surface area contributed by atoms with Gasteiger partial charge < -0.3 is 10.1 Å². The molecule has 1 amide bonds. The number of benzene rings is 2.